The third-order valence-electron chi connectivity index (χ3n) is 4.78. The minimum absolute atomic E-state index is 0.181. The molecule has 0 aliphatic heterocycles. The van der Waals surface area contributed by atoms with Crippen molar-refractivity contribution in [2.75, 3.05) is 19.0 Å². The van der Waals surface area contributed by atoms with Crippen LogP contribution in [-0.2, 0) is 9.47 Å². The molecule has 3 rings (SSSR count). The zero-order valence-electron chi connectivity index (χ0n) is 20.9. The average molecular weight is 526 g/mol. The smallest absolute Gasteiger partial charge is 0.349 e. The summed E-state index contributed by atoms with van der Waals surface area (Å²) in [5, 5.41) is 15.5. The lowest BCUT2D eigenvalue weighted by Crippen LogP contribution is -2.23. The fraction of sp³-hybridized carbons (Fsp3) is 0.308. The molecule has 10 heteroatoms. The number of rotatable bonds is 8. The van der Waals surface area contributed by atoms with E-state index in [0.717, 1.165) is 16.9 Å². The van der Waals surface area contributed by atoms with Gasteiger partial charge in [-0.25, -0.2) is 14.6 Å². The number of hydrogen-bond donors (Lipinski definition) is 1. The summed E-state index contributed by atoms with van der Waals surface area (Å²) in [4.78, 5) is 30.3. The van der Waals surface area contributed by atoms with E-state index in [-0.39, 0.29) is 22.6 Å². The van der Waals surface area contributed by atoms with Crippen molar-refractivity contribution in [3.05, 3.63) is 56.9 Å². The molecule has 2 aromatic heterocycles. The Morgan fingerprint density at radius 2 is 2.00 bits per heavy atom. The Hall–Kier alpha value is -3.68. The maximum Gasteiger partial charge on any atom is 0.349 e. The maximum absolute atomic E-state index is 12.7. The van der Waals surface area contributed by atoms with Crippen molar-refractivity contribution in [2.45, 2.75) is 40.2 Å². The van der Waals surface area contributed by atoms with Crippen LogP contribution in [0.1, 0.15) is 58.3 Å². The maximum atomic E-state index is 12.7. The molecule has 1 N–H and O–H groups in total. The number of nitriles is 1. The van der Waals surface area contributed by atoms with E-state index in [4.69, 9.17) is 14.2 Å². The van der Waals surface area contributed by atoms with Gasteiger partial charge in [-0.15, -0.1) is 22.7 Å². The molecule has 0 bridgehead atoms. The summed E-state index contributed by atoms with van der Waals surface area (Å²) >= 11 is 2.39. The Morgan fingerprint density at radius 1 is 1.25 bits per heavy atom. The number of carbonyl (C=O) groups excluding carboxylic acids is 2. The van der Waals surface area contributed by atoms with Gasteiger partial charge in [0, 0.05) is 17.1 Å². The molecule has 0 aliphatic rings. The number of anilines is 1. The number of hydrogen-bond acceptors (Lipinski definition) is 10. The molecule has 188 valence electrons. The van der Waals surface area contributed by atoms with Gasteiger partial charge in [0.1, 0.15) is 37.9 Å². The molecule has 0 radical (unpaired) electrons. The number of nitrogens with zero attached hydrogens (tertiary/aromatic N) is 2. The third kappa shape index (κ3) is 6.30. The quantitative estimate of drug-likeness (QED) is 0.270. The number of aromatic nitrogens is 1. The lowest BCUT2D eigenvalue weighted by atomic mass is 10.1. The van der Waals surface area contributed by atoms with Gasteiger partial charge in [-0.3, -0.25) is 0 Å². The van der Waals surface area contributed by atoms with Crippen LogP contribution in [0, 0.1) is 18.3 Å². The highest BCUT2D eigenvalue weighted by atomic mass is 32.1. The van der Waals surface area contributed by atoms with Crippen LogP contribution in [0.4, 0.5) is 5.00 Å². The van der Waals surface area contributed by atoms with Crippen LogP contribution in [0.2, 0.25) is 0 Å². The standard InChI is InChI=1S/C26H27N3O5S2/c1-7-33-24(30)20-15(2)21(25(31)34-26(3,4)5)36-23(20)28-13-17(12-27)22-29-19(14-35-22)16-9-8-10-18(11-16)32-6/h8-11,13-14,28H,7H2,1-6H3/b17-13-. The predicted octanol–water partition coefficient (Wildman–Crippen LogP) is 6.30. The van der Waals surface area contributed by atoms with E-state index < -0.39 is 17.5 Å². The number of ether oxygens (including phenoxy) is 3. The number of benzene rings is 1. The molecule has 2 heterocycles. The molecule has 36 heavy (non-hydrogen) atoms. The molecule has 0 amide bonds. The van der Waals surface area contributed by atoms with Gasteiger partial charge in [0.25, 0.3) is 0 Å². The van der Waals surface area contributed by atoms with Gasteiger partial charge in [0.15, 0.2) is 0 Å². The number of allylic oxidation sites excluding steroid dienone is 1. The van der Waals surface area contributed by atoms with E-state index in [0.29, 0.717) is 27.0 Å². The van der Waals surface area contributed by atoms with Gasteiger partial charge < -0.3 is 19.5 Å². The molecule has 0 spiro atoms. The molecular formula is C26H27N3O5S2. The fourth-order valence-electron chi connectivity index (χ4n) is 3.18. The Balaban J connectivity index is 1.94. The number of nitrogens with one attached hydrogen (secondary N) is 1. The molecular weight excluding hydrogens is 498 g/mol. The molecule has 0 atom stereocenters. The lowest BCUT2D eigenvalue weighted by molar-refractivity contribution is 0.00745. The molecule has 0 saturated carbocycles. The topological polar surface area (TPSA) is 111 Å². The first kappa shape index (κ1) is 26.9. The van der Waals surface area contributed by atoms with E-state index >= 15 is 0 Å². The number of esters is 2. The molecule has 3 aromatic rings. The van der Waals surface area contributed by atoms with Crippen LogP contribution in [0.5, 0.6) is 5.75 Å². The average Bonchev–Trinajstić information content (AvgIpc) is 3.44. The van der Waals surface area contributed by atoms with E-state index in [1.165, 1.54) is 17.5 Å². The Bertz CT molecular complexity index is 1340. The molecule has 0 unspecified atom stereocenters. The highest BCUT2D eigenvalue weighted by molar-refractivity contribution is 7.18. The molecule has 0 saturated heterocycles. The van der Waals surface area contributed by atoms with Gasteiger partial charge in [-0.1, -0.05) is 12.1 Å². The van der Waals surface area contributed by atoms with Gasteiger partial charge >= 0.3 is 11.9 Å². The summed E-state index contributed by atoms with van der Waals surface area (Å²) in [5.74, 6) is -0.388. The fourth-order valence-corrected chi connectivity index (χ4v) is 5.01. The summed E-state index contributed by atoms with van der Waals surface area (Å²) < 4.78 is 16.0. The minimum Gasteiger partial charge on any atom is -0.497 e. The summed E-state index contributed by atoms with van der Waals surface area (Å²) in [7, 11) is 1.60. The Kier molecular flexibility index (Phi) is 8.50. The predicted molar refractivity (Wildman–Crippen MR) is 141 cm³/mol. The number of methoxy groups -OCH3 is 1. The monoisotopic (exact) mass is 525 g/mol. The second-order valence-electron chi connectivity index (χ2n) is 8.57. The van der Waals surface area contributed by atoms with E-state index in [1.54, 1.807) is 41.7 Å². The van der Waals surface area contributed by atoms with E-state index in [1.807, 2.05) is 29.6 Å². The van der Waals surface area contributed by atoms with Crippen LogP contribution in [-0.4, -0.2) is 36.2 Å². The summed E-state index contributed by atoms with van der Waals surface area (Å²) in [6.45, 7) is 8.88. The molecule has 1 aromatic carbocycles. The van der Waals surface area contributed by atoms with Crippen LogP contribution in [0.15, 0.2) is 35.8 Å². The number of thiophene rings is 1. The largest absolute Gasteiger partial charge is 0.497 e. The minimum atomic E-state index is -0.690. The van der Waals surface area contributed by atoms with Crippen molar-refractivity contribution >= 4 is 45.2 Å². The Morgan fingerprint density at radius 3 is 2.64 bits per heavy atom. The van der Waals surface area contributed by atoms with Crippen molar-refractivity contribution < 1.29 is 23.8 Å². The van der Waals surface area contributed by atoms with Gasteiger partial charge in [0.2, 0.25) is 0 Å². The number of carbonyl (C=O) groups is 2. The Labute approximate surface area is 218 Å². The second kappa shape index (κ2) is 11.4. The lowest BCUT2D eigenvalue weighted by Gasteiger charge is -2.19. The first-order chi connectivity index (χ1) is 17.1. The first-order valence-electron chi connectivity index (χ1n) is 11.1. The van der Waals surface area contributed by atoms with Crippen molar-refractivity contribution in [1.82, 2.24) is 4.98 Å². The van der Waals surface area contributed by atoms with Crippen LogP contribution >= 0.6 is 22.7 Å². The SMILES string of the molecule is CCOC(=O)c1c(N/C=C(/C#N)c2nc(-c3cccc(OC)c3)cs2)sc(C(=O)OC(C)(C)C)c1C. The summed E-state index contributed by atoms with van der Waals surface area (Å²) in [5.41, 5.74) is 1.84. The normalized spacial score (nSPS) is 11.5. The highest BCUT2D eigenvalue weighted by Gasteiger charge is 2.28. The number of thiazole rings is 1. The first-order valence-corrected chi connectivity index (χ1v) is 12.8. The van der Waals surface area contributed by atoms with Gasteiger partial charge in [-0.2, -0.15) is 5.26 Å². The van der Waals surface area contributed by atoms with Crippen molar-refractivity contribution in [2.24, 2.45) is 0 Å². The van der Waals surface area contributed by atoms with Crippen molar-refractivity contribution in [1.29, 1.82) is 5.26 Å². The molecule has 0 fully saturated rings. The van der Waals surface area contributed by atoms with E-state index in [2.05, 4.69) is 16.4 Å². The second-order valence-corrected chi connectivity index (χ2v) is 10.4. The summed E-state index contributed by atoms with van der Waals surface area (Å²) in [6.07, 6.45) is 1.47. The highest BCUT2D eigenvalue weighted by Crippen LogP contribution is 2.36. The third-order valence-corrected chi connectivity index (χ3v) is 6.86. The summed E-state index contributed by atoms with van der Waals surface area (Å²) in [6, 6.07) is 9.63. The van der Waals surface area contributed by atoms with E-state index in [9.17, 15) is 14.9 Å². The van der Waals surface area contributed by atoms with Crippen LogP contribution < -0.4 is 10.1 Å². The van der Waals surface area contributed by atoms with Gasteiger partial charge in [-0.05, 0) is 52.3 Å². The van der Waals surface area contributed by atoms with Crippen molar-refractivity contribution in [3.8, 4) is 23.1 Å². The van der Waals surface area contributed by atoms with Crippen LogP contribution in [0.25, 0.3) is 16.8 Å². The van der Waals surface area contributed by atoms with Crippen LogP contribution in [0.3, 0.4) is 0 Å². The van der Waals surface area contributed by atoms with Gasteiger partial charge in [0.05, 0.1) is 25.0 Å². The zero-order chi connectivity index (χ0) is 26.5. The molecule has 0 aliphatic carbocycles. The zero-order valence-corrected chi connectivity index (χ0v) is 22.6. The van der Waals surface area contributed by atoms with Crippen molar-refractivity contribution in [3.63, 3.8) is 0 Å². The molecule has 8 nitrogen and oxygen atoms in total.